The number of hydrogen-bond acceptors (Lipinski definition) is 4. The van der Waals surface area contributed by atoms with E-state index in [0.29, 0.717) is 17.1 Å². The molecule has 4 nitrogen and oxygen atoms in total. The molecule has 1 spiro atoms. The highest BCUT2D eigenvalue weighted by atomic mass is 16.6. The van der Waals surface area contributed by atoms with Gasteiger partial charge in [-0.25, -0.2) is 4.79 Å². The van der Waals surface area contributed by atoms with Crippen molar-refractivity contribution in [1.29, 1.82) is 0 Å². The number of benzene rings is 4. The van der Waals surface area contributed by atoms with Crippen LogP contribution in [0.1, 0.15) is 50.7 Å². The third kappa shape index (κ3) is 2.88. The molecule has 2 aliphatic rings. The minimum absolute atomic E-state index is 0.325. The fourth-order valence-electron chi connectivity index (χ4n) is 5.23. The number of rotatable bonds is 3. The van der Waals surface area contributed by atoms with Gasteiger partial charge in [0.2, 0.25) is 0 Å². The Morgan fingerprint density at radius 3 is 2.44 bits per heavy atom. The van der Waals surface area contributed by atoms with E-state index in [4.69, 9.17) is 9.47 Å². The fourth-order valence-corrected chi connectivity index (χ4v) is 5.23. The summed E-state index contributed by atoms with van der Waals surface area (Å²) in [5.41, 5.74) is 7.39. The van der Waals surface area contributed by atoms with E-state index in [9.17, 15) is 4.79 Å². The van der Waals surface area contributed by atoms with Gasteiger partial charge in [-0.2, -0.15) is 0 Å². The minimum Gasteiger partial charge on any atom is -0.456 e. The normalized spacial score (nSPS) is 17.4. The van der Waals surface area contributed by atoms with Gasteiger partial charge in [-0.1, -0.05) is 61.0 Å². The largest absolute Gasteiger partial charge is 0.456 e. The zero-order valence-corrected chi connectivity index (χ0v) is 19.4. The van der Waals surface area contributed by atoms with E-state index < -0.39 is 5.60 Å². The van der Waals surface area contributed by atoms with Crippen LogP contribution in [-0.4, -0.2) is 5.97 Å². The van der Waals surface area contributed by atoms with Crippen LogP contribution in [0.2, 0.25) is 0 Å². The number of carbonyl (C=O) groups excluding carboxylic acids is 1. The fraction of sp³-hybridized carbons (Fsp3) is 0.167. The van der Waals surface area contributed by atoms with Crippen molar-refractivity contribution < 1.29 is 14.3 Å². The Morgan fingerprint density at radius 1 is 0.794 bits per heavy atom. The molecule has 0 radical (unpaired) electrons. The maximum atomic E-state index is 13.1. The summed E-state index contributed by atoms with van der Waals surface area (Å²) in [6.45, 7) is 6.28. The average Bonchev–Trinajstić information content (AvgIpc) is 3.13. The molecule has 0 amide bonds. The first-order valence-corrected chi connectivity index (χ1v) is 11.6. The third-order valence-electron chi connectivity index (χ3n) is 6.80. The first-order valence-electron chi connectivity index (χ1n) is 11.6. The maximum absolute atomic E-state index is 13.1. The lowest BCUT2D eigenvalue weighted by atomic mass is 9.76. The lowest BCUT2D eigenvalue weighted by Gasteiger charge is -2.38. The molecular formula is C30H25NO3. The number of hydrogen-bond donors (Lipinski definition) is 1. The Kier molecular flexibility index (Phi) is 4.53. The van der Waals surface area contributed by atoms with Gasteiger partial charge in [-0.05, 0) is 61.7 Å². The Labute approximate surface area is 199 Å². The molecule has 1 N–H and O–H groups in total. The predicted molar refractivity (Wildman–Crippen MR) is 133 cm³/mol. The van der Waals surface area contributed by atoms with Crippen LogP contribution in [0.25, 0.3) is 0 Å². The second kappa shape index (κ2) is 7.49. The molecule has 0 saturated heterocycles. The van der Waals surface area contributed by atoms with Gasteiger partial charge in [0.15, 0.2) is 5.60 Å². The molecule has 0 aliphatic carbocycles. The molecule has 34 heavy (non-hydrogen) atoms. The molecule has 4 heteroatoms. The number of fused-ring (bicyclic) bond motifs is 6. The van der Waals surface area contributed by atoms with E-state index in [1.54, 1.807) is 0 Å². The molecule has 0 fully saturated rings. The van der Waals surface area contributed by atoms with Crippen LogP contribution in [0.15, 0.2) is 78.9 Å². The lowest BCUT2D eigenvalue weighted by molar-refractivity contribution is 0.0227. The number of carbonyl (C=O) groups is 1. The molecule has 168 valence electrons. The summed E-state index contributed by atoms with van der Waals surface area (Å²) >= 11 is 0. The van der Waals surface area contributed by atoms with E-state index in [0.717, 1.165) is 40.0 Å². The number of ether oxygens (including phenoxy) is 2. The molecule has 1 atom stereocenters. The molecule has 4 aromatic rings. The second-order valence-electron chi connectivity index (χ2n) is 9.04. The maximum Gasteiger partial charge on any atom is 0.340 e. The summed E-state index contributed by atoms with van der Waals surface area (Å²) in [6.07, 6.45) is 0.903. The molecular weight excluding hydrogens is 422 g/mol. The van der Waals surface area contributed by atoms with Crippen molar-refractivity contribution in [2.24, 2.45) is 0 Å². The molecule has 4 aromatic carbocycles. The molecule has 0 aromatic heterocycles. The van der Waals surface area contributed by atoms with E-state index in [2.05, 4.69) is 37.4 Å². The van der Waals surface area contributed by atoms with Gasteiger partial charge in [0, 0.05) is 16.8 Å². The van der Waals surface area contributed by atoms with E-state index in [1.807, 2.05) is 67.6 Å². The predicted octanol–water partition coefficient (Wildman–Crippen LogP) is 7.18. The Morgan fingerprint density at radius 2 is 1.59 bits per heavy atom. The number of nitrogens with one attached hydrogen (secondary N) is 1. The Hall–Kier alpha value is -4.05. The van der Waals surface area contributed by atoms with Crippen LogP contribution in [0.3, 0.4) is 0 Å². The van der Waals surface area contributed by atoms with E-state index in [1.165, 1.54) is 11.1 Å². The quantitative estimate of drug-likeness (QED) is 0.338. The molecule has 1 unspecified atom stereocenters. The van der Waals surface area contributed by atoms with Crippen molar-refractivity contribution in [3.05, 3.63) is 118 Å². The average molecular weight is 448 g/mol. The van der Waals surface area contributed by atoms with Gasteiger partial charge in [-0.15, -0.1) is 0 Å². The summed E-state index contributed by atoms with van der Waals surface area (Å²) in [5.74, 6) is 1.06. The van der Waals surface area contributed by atoms with Gasteiger partial charge in [0.05, 0.1) is 16.8 Å². The molecule has 2 aliphatic heterocycles. The van der Waals surface area contributed by atoms with Gasteiger partial charge >= 0.3 is 5.97 Å². The van der Waals surface area contributed by atoms with Crippen molar-refractivity contribution >= 4 is 17.3 Å². The highest BCUT2D eigenvalue weighted by Gasteiger charge is 2.54. The zero-order chi connectivity index (χ0) is 23.4. The van der Waals surface area contributed by atoms with Crippen LogP contribution >= 0.6 is 0 Å². The van der Waals surface area contributed by atoms with Gasteiger partial charge in [-0.3, -0.25) is 0 Å². The summed E-state index contributed by atoms with van der Waals surface area (Å²) in [7, 11) is 0. The van der Waals surface area contributed by atoms with E-state index in [-0.39, 0.29) is 5.97 Å². The Bertz CT molecular complexity index is 1470. The van der Waals surface area contributed by atoms with Crippen LogP contribution in [-0.2, 0) is 16.8 Å². The van der Waals surface area contributed by atoms with Crippen molar-refractivity contribution in [2.75, 3.05) is 5.32 Å². The van der Waals surface area contributed by atoms with Crippen molar-refractivity contribution in [3.8, 4) is 11.5 Å². The highest BCUT2D eigenvalue weighted by Crippen LogP contribution is 2.58. The summed E-state index contributed by atoms with van der Waals surface area (Å²) in [4.78, 5) is 13.1. The van der Waals surface area contributed by atoms with Crippen molar-refractivity contribution in [2.45, 2.75) is 32.8 Å². The van der Waals surface area contributed by atoms with Gasteiger partial charge in [0.25, 0.3) is 0 Å². The first kappa shape index (κ1) is 20.5. The monoisotopic (exact) mass is 447 g/mol. The SMILES string of the molecule is CCc1cc(C)ccc1Nc1cccc2c1C1(OC(=O)c3ccccc31)c1ccc(C)cc1O2. The topological polar surface area (TPSA) is 47.6 Å². The number of anilines is 2. The molecule has 6 rings (SSSR count). The third-order valence-corrected chi connectivity index (χ3v) is 6.80. The highest BCUT2D eigenvalue weighted by molar-refractivity contribution is 5.97. The molecule has 0 saturated carbocycles. The number of aryl methyl sites for hydroxylation is 3. The molecule has 0 bridgehead atoms. The van der Waals surface area contributed by atoms with Crippen molar-refractivity contribution in [3.63, 3.8) is 0 Å². The van der Waals surface area contributed by atoms with Crippen LogP contribution < -0.4 is 10.1 Å². The lowest BCUT2D eigenvalue weighted by Crippen LogP contribution is -2.33. The van der Waals surface area contributed by atoms with Gasteiger partial charge in [0.1, 0.15) is 11.5 Å². The standard InChI is InChI=1S/C30H25NO3/c1-4-20-16-18(2)13-15-24(20)31-25-10-7-11-26-28(25)30(23-14-12-19(3)17-27(23)33-26)22-9-6-5-8-21(22)29(32)34-30/h5-17,31H,4H2,1-3H3. The first-order chi connectivity index (χ1) is 16.5. The van der Waals surface area contributed by atoms with Crippen LogP contribution in [0.5, 0.6) is 11.5 Å². The van der Waals surface area contributed by atoms with Crippen LogP contribution in [0, 0.1) is 13.8 Å². The smallest absolute Gasteiger partial charge is 0.340 e. The summed E-state index contributed by atoms with van der Waals surface area (Å²) < 4.78 is 12.8. The zero-order valence-electron chi connectivity index (χ0n) is 19.4. The molecule has 2 heterocycles. The van der Waals surface area contributed by atoms with Gasteiger partial charge < -0.3 is 14.8 Å². The summed E-state index contributed by atoms with van der Waals surface area (Å²) in [6, 6.07) is 26.1. The second-order valence-corrected chi connectivity index (χ2v) is 9.04. The number of esters is 1. The Balaban J connectivity index is 1.63. The minimum atomic E-state index is -1.09. The van der Waals surface area contributed by atoms with Crippen molar-refractivity contribution in [1.82, 2.24) is 0 Å². The van der Waals surface area contributed by atoms with Crippen LogP contribution in [0.4, 0.5) is 11.4 Å². The van der Waals surface area contributed by atoms with E-state index >= 15 is 0 Å². The summed E-state index contributed by atoms with van der Waals surface area (Å²) in [5, 5.41) is 3.65.